The maximum Gasteiger partial charge on any atom is 0.586 e. The maximum atomic E-state index is 13.8. The van der Waals surface area contributed by atoms with Gasteiger partial charge in [0.2, 0.25) is 5.91 Å². The van der Waals surface area contributed by atoms with E-state index in [-0.39, 0.29) is 47.3 Å². The Morgan fingerprint density at radius 2 is 1.71 bits per heavy atom. The van der Waals surface area contributed by atoms with Gasteiger partial charge in [-0.15, -0.1) is 8.78 Å². The standard InChI is InChI=1S/C28H21F4NO8/c1-27(12-37-21-11-23-22(9-17(21)27)40-28(31,32)41-23)25(36)33-18-10-19(13-2-4-14(5-3-13)24(34)35)39-20-8-15(38-26(29)30)6-7-16(18)20/h2-9,11,18-19,26H,10,12H2,1H3,(H,33,36)(H,34,35)/t18-,19-,27+/m1/s1. The van der Waals surface area contributed by atoms with Gasteiger partial charge in [-0.1, -0.05) is 12.1 Å². The first kappa shape index (κ1) is 26.5. The second kappa shape index (κ2) is 9.46. The number of hydrogen-bond acceptors (Lipinski definition) is 7. The van der Waals surface area contributed by atoms with Gasteiger partial charge < -0.3 is 34.1 Å². The zero-order valence-electron chi connectivity index (χ0n) is 21.2. The molecule has 0 spiro atoms. The molecular weight excluding hydrogens is 554 g/mol. The molecule has 2 N–H and O–H groups in total. The quantitative estimate of drug-likeness (QED) is 0.379. The number of aromatic carboxylic acids is 1. The lowest BCUT2D eigenvalue weighted by Gasteiger charge is -2.35. The average molecular weight is 575 g/mol. The summed E-state index contributed by atoms with van der Waals surface area (Å²) >= 11 is 0. The number of rotatable bonds is 6. The highest BCUT2D eigenvalue weighted by atomic mass is 19.3. The number of carboxylic acids is 1. The van der Waals surface area contributed by atoms with Gasteiger partial charge in [-0.3, -0.25) is 4.79 Å². The third kappa shape index (κ3) is 4.81. The normalized spacial score (nSPS) is 23.2. The van der Waals surface area contributed by atoms with Gasteiger partial charge in [0.1, 0.15) is 35.4 Å². The number of halogens is 4. The number of carbonyl (C=O) groups is 2. The summed E-state index contributed by atoms with van der Waals surface area (Å²) in [5.74, 6) is -1.81. The van der Waals surface area contributed by atoms with E-state index in [0.717, 1.165) is 0 Å². The van der Waals surface area contributed by atoms with Gasteiger partial charge in [0.15, 0.2) is 11.5 Å². The van der Waals surface area contributed by atoms with Crippen LogP contribution in [0, 0.1) is 0 Å². The van der Waals surface area contributed by atoms with Gasteiger partial charge in [0.05, 0.1) is 11.6 Å². The van der Waals surface area contributed by atoms with E-state index in [2.05, 4.69) is 19.5 Å². The van der Waals surface area contributed by atoms with Crippen LogP contribution in [0.4, 0.5) is 17.6 Å². The van der Waals surface area contributed by atoms with Gasteiger partial charge in [-0.25, -0.2) is 4.79 Å². The molecule has 3 aromatic carbocycles. The molecule has 3 aromatic rings. The molecule has 0 radical (unpaired) electrons. The van der Waals surface area contributed by atoms with Crippen molar-refractivity contribution in [3.8, 4) is 28.7 Å². The first-order chi connectivity index (χ1) is 19.4. The predicted octanol–water partition coefficient (Wildman–Crippen LogP) is 5.34. The molecule has 0 bridgehead atoms. The molecule has 0 unspecified atom stereocenters. The Hall–Kier alpha value is -4.68. The van der Waals surface area contributed by atoms with Crippen molar-refractivity contribution in [2.45, 2.75) is 43.8 Å². The van der Waals surface area contributed by atoms with Crippen LogP contribution < -0.4 is 29.0 Å². The first-order valence-electron chi connectivity index (χ1n) is 12.4. The van der Waals surface area contributed by atoms with Gasteiger partial charge in [-0.05, 0) is 42.8 Å². The van der Waals surface area contributed by atoms with Gasteiger partial charge in [-0.2, -0.15) is 8.78 Å². The Morgan fingerprint density at radius 1 is 1.00 bits per heavy atom. The third-order valence-corrected chi connectivity index (χ3v) is 7.25. The molecular formula is C28H21F4NO8. The number of alkyl halides is 4. The van der Waals surface area contributed by atoms with E-state index in [1.54, 1.807) is 19.1 Å². The maximum absolute atomic E-state index is 13.8. The van der Waals surface area contributed by atoms with Crippen molar-refractivity contribution in [2.75, 3.05) is 6.61 Å². The Labute approximate surface area is 229 Å². The lowest BCUT2D eigenvalue weighted by atomic mass is 9.82. The van der Waals surface area contributed by atoms with Gasteiger partial charge in [0.25, 0.3) is 0 Å². The molecule has 6 rings (SSSR count). The number of fused-ring (bicyclic) bond motifs is 3. The Bertz CT molecular complexity index is 1550. The van der Waals surface area contributed by atoms with Crippen molar-refractivity contribution >= 4 is 11.9 Å². The Morgan fingerprint density at radius 3 is 2.39 bits per heavy atom. The van der Waals surface area contributed by atoms with E-state index < -0.39 is 42.3 Å². The molecule has 3 heterocycles. The number of benzene rings is 3. The molecule has 1 amide bonds. The average Bonchev–Trinajstić information content (AvgIpc) is 3.41. The fourth-order valence-corrected chi connectivity index (χ4v) is 5.14. The van der Waals surface area contributed by atoms with Crippen molar-refractivity contribution in [3.05, 3.63) is 76.9 Å². The second-order valence-corrected chi connectivity index (χ2v) is 9.96. The van der Waals surface area contributed by atoms with Crippen molar-refractivity contribution in [1.82, 2.24) is 5.32 Å². The number of ether oxygens (including phenoxy) is 5. The minimum atomic E-state index is -3.84. The molecule has 3 aliphatic heterocycles. The number of amides is 1. The second-order valence-electron chi connectivity index (χ2n) is 9.96. The van der Waals surface area contributed by atoms with Crippen LogP contribution in [0.2, 0.25) is 0 Å². The van der Waals surface area contributed by atoms with Gasteiger partial charge >= 0.3 is 18.9 Å². The topological polar surface area (TPSA) is 113 Å². The van der Waals surface area contributed by atoms with Gasteiger partial charge in [0, 0.05) is 29.7 Å². The summed E-state index contributed by atoms with van der Waals surface area (Å²) in [6.45, 7) is -1.56. The molecule has 3 aliphatic rings. The molecule has 41 heavy (non-hydrogen) atoms. The largest absolute Gasteiger partial charge is 0.586 e. The van der Waals surface area contributed by atoms with E-state index in [0.29, 0.717) is 16.7 Å². The highest BCUT2D eigenvalue weighted by Crippen LogP contribution is 2.50. The lowest BCUT2D eigenvalue weighted by molar-refractivity contribution is -0.286. The molecule has 13 heteroatoms. The van der Waals surface area contributed by atoms with E-state index in [4.69, 9.17) is 9.47 Å². The number of carboxylic acid groups (broad SMARTS) is 1. The molecule has 0 aliphatic carbocycles. The monoisotopic (exact) mass is 575 g/mol. The Balaban J connectivity index is 1.31. The van der Waals surface area contributed by atoms with Crippen LogP contribution >= 0.6 is 0 Å². The molecule has 0 saturated heterocycles. The van der Waals surface area contributed by atoms with Crippen molar-refractivity contribution < 1.29 is 55.9 Å². The minimum Gasteiger partial charge on any atom is -0.492 e. The smallest absolute Gasteiger partial charge is 0.492 e. The summed E-state index contributed by atoms with van der Waals surface area (Å²) in [7, 11) is 0. The minimum absolute atomic E-state index is 0.0638. The molecule has 0 fully saturated rings. The van der Waals surface area contributed by atoms with Crippen LogP contribution in [0.15, 0.2) is 54.6 Å². The summed E-state index contributed by atoms with van der Waals surface area (Å²) in [4.78, 5) is 25.0. The van der Waals surface area contributed by atoms with Crippen molar-refractivity contribution in [2.24, 2.45) is 0 Å². The van der Waals surface area contributed by atoms with Crippen LogP contribution in [-0.4, -0.2) is 36.5 Å². The molecule has 214 valence electrons. The summed E-state index contributed by atoms with van der Waals surface area (Å²) in [6.07, 6.45) is -4.32. The van der Waals surface area contributed by atoms with Crippen LogP contribution in [0.25, 0.3) is 0 Å². The third-order valence-electron chi connectivity index (χ3n) is 7.25. The SMILES string of the molecule is C[C@]1(C(=O)N[C@@H]2C[C@H](c3ccc(C(=O)O)cc3)Oc3cc(OC(F)F)ccc32)COc2cc3c(cc21)OC(F)(F)O3. The summed E-state index contributed by atoms with van der Waals surface area (Å²) in [5.41, 5.74) is 0.167. The van der Waals surface area contributed by atoms with Crippen molar-refractivity contribution in [3.63, 3.8) is 0 Å². The van der Waals surface area contributed by atoms with Crippen LogP contribution in [0.5, 0.6) is 28.7 Å². The van der Waals surface area contributed by atoms with Crippen LogP contribution in [-0.2, 0) is 10.2 Å². The summed E-state index contributed by atoms with van der Waals surface area (Å²) in [6, 6.07) is 11.9. The van der Waals surface area contributed by atoms with Crippen LogP contribution in [0.1, 0.15) is 52.5 Å². The first-order valence-corrected chi connectivity index (χ1v) is 12.4. The summed E-state index contributed by atoms with van der Waals surface area (Å²) < 4.78 is 78.2. The molecule has 0 aromatic heterocycles. The van der Waals surface area contributed by atoms with E-state index in [9.17, 15) is 32.3 Å². The fraction of sp³-hybridized carbons (Fsp3) is 0.286. The summed E-state index contributed by atoms with van der Waals surface area (Å²) in [5, 5.41) is 12.2. The molecule has 3 atom stereocenters. The lowest BCUT2D eigenvalue weighted by Crippen LogP contribution is -2.46. The molecule has 9 nitrogen and oxygen atoms in total. The Kier molecular flexibility index (Phi) is 6.12. The predicted molar refractivity (Wildman–Crippen MR) is 131 cm³/mol. The van der Waals surface area contributed by atoms with E-state index in [1.807, 2.05) is 0 Å². The zero-order chi connectivity index (χ0) is 29.1. The highest BCUT2D eigenvalue weighted by Gasteiger charge is 2.49. The number of hydrogen-bond donors (Lipinski definition) is 2. The van der Waals surface area contributed by atoms with Crippen molar-refractivity contribution in [1.29, 1.82) is 0 Å². The molecule has 0 saturated carbocycles. The fourth-order valence-electron chi connectivity index (χ4n) is 5.14. The van der Waals surface area contributed by atoms with E-state index >= 15 is 0 Å². The van der Waals surface area contributed by atoms with E-state index in [1.165, 1.54) is 42.5 Å². The number of carbonyl (C=O) groups excluding carboxylic acids is 1. The number of nitrogens with one attached hydrogen (secondary N) is 1. The zero-order valence-corrected chi connectivity index (χ0v) is 21.2. The van der Waals surface area contributed by atoms with Crippen LogP contribution in [0.3, 0.4) is 0 Å². The highest BCUT2D eigenvalue weighted by molar-refractivity contribution is 5.90.